The summed E-state index contributed by atoms with van der Waals surface area (Å²) in [4.78, 5) is 21.3. The number of hydrogen-bond donors (Lipinski definition) is 1. The Morgan fingerprint density at radius 3 is 2.28 bits per heavy atom. The highest BCUT2D eigenvalue weighted by molar-refractivity contribution is 5.87. The number of carboxylic acids is 1. The Bertz CT molecular complexity index is 548. The summed E-state index contributed by atoms with van der Waals surface area (Å²) in [5.74, 6) is -1.24. The summed E-state index contributed by atoms with van der Waals surface area (Å²) in [5.41, 5.74) is 1.69. The number of carbonyl (C=O) groups is 2. The maximum Gasteiger partial charge on any atom is 0.333 e. The summed E-state index contributed by atoms with van der Waals surface area (Å²) in [6, 6.07) is 9.55. The fourth-order valence-electron chi connectivity index (χ4n) is 1.64. The number of ether oxygens (including phenoxy) is 2. The SMILES string of the molecule is C=C(C)C(=O)OCc1ccccc1.C=C(CCCCOCC)C(=O)O. The van der Waals surface area contributed by atoms with E-state index in [4.69, 9.17) is 14.6 Å². The fraction of sp³-hybridized carbons (Fsp3) is 0.400. The third kappa shape index (κ3) is 12.7. The Morgan fingerprint density at radius 1 is 1.12 bits per heavy atom. The van der Waals surface area contributed by atoms with E-state index in [1.165, 1.54) is 0 Å². The van der Waals surface area contributed by atoms with Crippen molar-refractivity contribution in [2.45, 2.75) is 39.7 Å². The number of carboxylic acid groups (broad SMARTS) is 1. The predicted octanol–water partition coefficient (Wildman–Crippen LogP) is 4.14. The molecule has 5 heteroatoms. The van der Waals surface area contributed by atoms with Gasteiger partial charge in [-0.05, 0) is 38.7 Å². The lowest BCUT2D eigenvalue weighted by Gasteiger charge is -2.03. The van der Waals surface area contributed by atoms with Crippen LogP contribution in [-0.2, 0) is 25.7 Å². The molecule has 0 aromatic heterocycles. The van der Waals surface area contributed by atoms with Crippen LogP contribution in [-0.4, -0.2) is 30.3 Å². The number of rotatable bonds is 10. The molecule has 5 nitrogen and oxygen atoms in total. The monoisotopic (exact) mass is 348 g/mol. The molecule has 0 saturated carbocycles. The third-order valence-electron chi connectivity index (χ3n) is 3.09. The fourth-order valence-corrected chi connectivity index (χ4v) is 1.64. The Labute approximate surface area is 150 Å². The van der Waals surface area contributed by atoms with Gasteiger partial charge >= 0.3 is 11.9 Å². The molecule has 138 valence electrons. The second-order valence-electron chi connectivity index (χ2n) is 5.40. The highest BCUT2D eigenvalue weighted by Crippen LogP contribution is 2.05. The molecule has 0 atom stereocenters. The van der Waals surface area contributed by atoms with E-state index in [0.29, 0.717) is 25.2 Å². The molecule has 1 N–H and O–H groups in total. The van der Waals surface area contributed by atoms with Crippen molar-refractivity contribution in [2.75, 3.05) is 13.2 Å². The molecular weight excluding hydrogens is 320 g/mol. The van der Waals surface area contributed by atoms with Gasteiger partial charge in [0.25, 0.3) is 0 Å². The molecular formula is C20H28O5. The number of carbonyl (C=O) groups excluding carboxylic acids is 1. The van der Waals surface area contributed by atoms with Gasteiger partial charge in [0.15, 0.2) is 0 Å². The van der Waals surface area contributed by atoms with Crippen molar-refractivity contribution in [2.24, 2.45) is 0 Å². The van der Waals surface area contributed by atoms with Crippen LogP contribution in [0.1, 0.15) is 38.7 Å². The number of esters is 1. The zero-order valence-corrected chi connectivity index (χ0v) is 15.1. The first kappa shape index (κ1) is 22.6. The molecule has 25 heavy (non-hydrogen) atoms. The molecule has 0 spiro atoms. The predicted molar refractivity (Wildman–Crippen MR) is 98.2 cm³/mol. The van der Waals surface area contributed by atoms with Crippen LogP contribution < -0.4 is 0 Å². The Balaban J connectivity index is 0.000000463. The van der Waals surface area contributed by atoms with Crippen molar-refractivity contribution in [3.8, 4) is 0 Å². The first-order valence-corrected chi connectivity index (χ1v) is 8.23. The van der Waals surface area contributed by atoms with Crippen LogP contribution in [0.3, 0.4) is 0 Å². The molecule has 0 radical (unpaired) electrons. The zero-order valence-electron chi connectivity index (χ0n) is 15.1. The van der Waals surface area contributed by atoms with Gasteiger partial charge < -0.3 is 14.6 Å². The first-order chi connectivity index (χ1) is 11.9. The van der Waals surface area contributed by atoms with E-state index in [9.17, 15) is 9.59 Å². The molecule has 0 heterocycles. The average molecular weight is 348 g/mol. The normalized spacial score (nSPS) is 9.52. The molecule has 0 saturated heterocycles. The first-order valence-electron chi connectivity index (χ1n) is 8.23. The van der Waals surface area contributed by atoms with Crippen LogP contribution in [0, 0.1) is 0 Å². The quantitative estimate of drug-likeness (QED) is 0.391. The number of hydrogen-bond acceptors (Lipinski definition) is 4. The number of aliphatic carboxylic acids is 1. The summed E-state index contributed by atoms with van der Waals surface area (Å²) in [7, 11) is 0. The van der Waals surface area contributed by atoms with Crippen molar-refractivity contribution in [3.63, 3.8) is 0 Å². The van der Waals surface area contributed by atoms with Crippen molar-refractivity contribution >= 4 is 11.9 Å². The van der Waals surface area contributed by atoms with E-state index in [1.807, 2.05) is 37.3 Å². The van der Waals surface area contributed by atoms with E-state index in [1.54, 1.807) is 6.92 Å². The van der Waals surface area contributed by atoms with Crippen molar-refractivity contribution in [1.29, 1.82) is 0 Å². The smallest absolute Gasteiger partial charge is 0.333 e. The highest BCUT2D eigenvalue weighted by atomic mass is 16.5. The largest absolute Gasteiger partial charge is 0.478 e. The minimum absolute atomic E-state index is 0.284. The van der Waals surface area contributed by atoms with E-state index in [-0.39, 0.29) is 11.5 Å². The lowest BCUT2D eigenvalue weighted by molar-refractivity contribution is -0.140. The second-order valence-corrected chi connectivity index (χ2v) is 5.40. The van der Waals surface area contributed by atoms with Gasteiger partial charge in [-0.3, -0.25) is 0 Å². The third-order valence-corrected chi connectivity index (χ3v) is 3.09. The van der Waals surface area contributed by atoms with Gasteiger partial charge in [-0.2, -0.15) is 0 Å². The second kappa shape index (κ2) is 14.0. The van der Waals surface area contributed by atoms with Crippen LogP contribution in [0.15, 0.2) is 54.6 Å². The molecule has 0 unspecified atom stereocenters. The van der Waals surface area contributed by atoms with Crippen molar-refractivity contribution in [1.82, 2.24) is 0 Å². The maximum absolute atomic E-state index is 11.0. The van der Waals surface area contributed by atoms with Crippen LogP contribution in [0.5, 0.6) is 0 Å². The van der Waals surface area contributed by atoms with Gasteiger partial charge in [-0.1, -0.05) is 43.5 Å². The van der Waals surface area contributed by atoms with E-state index in [0.717, 1.165) is 25.0 Å². The minimum atomic E-state index is -0.897. The number of benzene rings is 1. The summed E-state index contributed by atoms with van der Waals surface area (Å²) >= 11 is 0. The van der Waals surface area contributed by atoms with Crippen molar-refractivity contribution in [3.05, 3.63) is 60.2 Å². The molecule has 0 amide bonds. The molecule has 0 fully saturated rings. The topological polar surface area (TPSA) is 72.8 Å². The zero-order chi connectivity index (χ0) is 19.1. The molecule has 0 aliphatic heterocycles. The Morgan fingerprint density at radius 2 is 1.76 bits per heavy atom. The summed E-state index contributed by atoms with van der Waals surface area (Å²) in [6.07, 6.45) is 2.30. The van der Waals surface area contributed by atoms with E-state index >= 15 is 0 Å². The van der Waals surface area contributed by atoms with Gasteiger partial charge in [0.1, 0.15) is 6.61 Å². The Hall–Kier alpha value is -2.40. The van der Waals surface area contributed by atoms with E-state index < -0.39 is 5.97 Å². The molecule has 1 aromatic carbocycles. The molecule has 0 aliphatic carbocycles. The van der Waals surface area contributed by atoms with Gasteiger partial charge in [-0.25, -0.2) is 9.59 Å². The Kier molecular flexibility index (Phi) is 12.6. The van der Waals surface area contributed by atoms with Crippen LogP contribution in [0.2, 0.25) is 0 Å². The van der Waals surface area contributed by atoms with Crippen LogP contribution >= 0.6 is 0 Å². The minimum Gasteiger partial charge on any atom is -0.478 e. The van der Waals surface area contributed by atoms with Gasteiger partial charge in [0, 0.05) is 24.4 Å². The molecule has 0 aliphatic rings. The van der Waals surface area contributed by atoms with Gasteiger partial charge in [0.2, 0.25) is 0 Å². The highest BCUT2D eigenvalue weighted by Gasteiger charge is 2.03. The van der Waals surface area contributed by atoms with E-state index in [2.05, 4.69) is 13.2 Å². The van der Waals surface area contributed by atoms with Gasteiger partial charge in [0.05, 0.1) is 0 Å². The molecule has 1 rings (SSSR count). The maximum atomic E-state index is 11.0. The van der Waals surface area contributed by atoms with Crippen molar-refractivity contribution < 1.29 is 24.2 Å². The lowest BCUT2D eigenvalue weighted by atomic mass is 10.1. The van der Waals surface area contributed by atoms with Crippen LogP contribution in [0.25, 0.3) is 0 Å². The van der Waals surface area contributed by atoms with Gasteiger partial charge in [-0.15, -0.1) is 0 Å². The van der Waals surface area contributed by atoms with Crippen LogP contribution in [0.4, 0.5) is 0 Å². The summed E-state index contributed by atoms with van der Waals surface area (Å²) < 4.78 is 10.0. The molecule has 0 bridgehead atoms. The molecule has 1 aromatic rings. The summed E-state index contributed by atoms with van der Waals surface area (Å²) in [6.45, 7) is 12.2. The average Bonchev–Trinajstić information content (AvgIpc) is 2.60. The standard InChI is InChI=1S/C11H12O2.C9H16O3/c1-9(2)11(12)13-8-10-6-4-3-5-7-10;1-3-12-7-5-4-6-8(2)9(10)11/h3-7H,1,8H2,2H3;2-7H2,1H3,(H,10,11). The summed E-state index contributed by atoms with van der Waals surface area (Å²) in [5, 5.41) is 8.45. The lowest BCUT2D eigenvalue weighted by Crippen LogP contribution is -2.04. The number of unbranched alkanes of at least 4 members (excludes halogenated alkanes) is 1.